The molecule has 2 fully saturated rings. The maximum Gasteiger partial charge on any atom is 0.295 e. The van der Waals surface area contributed by atoms with E-state index in [1.54, 1.807) is 18.2 Å². The van der Waals surface area contributed by atoms with Crippen molar-refractivity contribution in [1.29, 1.82) is 0 Å². The molecule has 1 atom stereocenters. The van der Waals surface area contributed by atoms with E-state index in [4.69, 9.17) is 14.2 Å². The maximum atomic E-state index is 14.2. The number of benzene rings is 2. The van der Waals surface area contributed by atoms with Crippen LogP contribution in [0.25, 0.3) is 5.76 Å². The fraction of sp³-hybridized carbons (Fsp3) is 0.429. The molecule has 2 aromatic rings. The van der Waals surface area contributed by atoms with Gasteiger partial charge in [-0.2, -0.15) is 0 Å². The van der Waals surface area contributed by atoms with Crippen molar-refractivity contribution in [3.05, 3.63) is 58.9 Å². The Morgan fingerprint density at radius 3 is 2.38 bits per heavy atom. The Kier molecular flexibility index (Phi) is 8.33. The Morgan fingerprint density at radius 1 is 1.00 bits per heavy atom. The number of hydrogen-bond acceptors (Lipinski definition) is 7. The summed E-state index contributed by atoms with van der Waals surface area (Å²) in [4.78, 5) is 30.3. The number of methoxy groups -OCH3 is 2. The van der Waals surface area contributed by atoms with Crippen molar-refractivity contribution in [2.45, 2.75) is 32.2 Å². The first-order valence-corrected chi connectivity index (χ1v) is 12.5. The molecule has 4 rings (SSSR count). The van der Waals surface area contributed by atoms with Crippen molar-refractivity contribution < 1.29 is 33.3 Å². The largest absolute Gasteiger partial charge is 0.507 e. The van der Waals surface area contributed by atoms with Gasteiger partial charge < -0.3 is 29.1 Å². The van der Waals surface area contributed by atoms with E-state index in [-0.39, 0.29) is 16.9 Å². The van der Waals surface area contributed by atoms with Gasteiger partial charge in [0.2, 0.25) is 0 Å². The summed E-state index contributed by atoms with van der Waals surface area (Å²) in [6, 6.07) is 7.94. The molecule has 0 radical (unpaired) electrons. The second-order valence-corrected chi connectivity index (χ2v) is 9.14. The highest BCUT2D eigenvalue weighted by molar-refractivity contribution is 6.46. The Hall–Kier alpha value is -3.59. The van der Waals surface area contributed by atoms with E-state index in [2.05, 4.69) is 4.90 Å². The number of aliphatic hydroxyl groups excluding tert-OH is 1. The summed E-state index contributed by atoms with van der Waals surface area (Å²) in [5.74, 6) is -1.49. The zero-order valence-corrected chi connectivity index (χ0v) is 21.5. The van der Waals surface area contributed by atoms with Crippen molar-refractivity contribution in [2.24, 2.45) is 0 Å². The number of carbonyl (C=O) groups excluding carboxylic acids is 2. The molecule has 37 heavy (non-hydrogen) atoms. The zero-order valence-electron chi connectivity index (χ0n) is 21.5. The quantitative estimate of drug-likeness (QED) is 0.291. The van der Waals surface area contributed by atoms with Gasteiger partial charge in [-0.3, -0.25) is 9.59 Å². The molecule has 9 heteroatoms. The Morgan fingerprint density at radius 2 is 1.70 bits per heavy atom. The molecular weight excluding hydrogens is 479 g/mol. The summed E-state index contributed by atoms with van der Waals surface area (Å²) in [6.07, 6.45) is 3.01. The highest BCUT2D eigenvalue weighted by atomic mass is 19.1. The number of halogens is 1. The fourth-order valence-electron chi connectivity index (χ4n) is 4.91. The predicted molar refractivity (Wildman–Crippen MR) is 136 cm³/mol. The molecule has 0 spiro atoms. The van der Waals surface area contributed by atoms with Gasteiger partial charge >= 0.3 is 0 Å². The molecule has 8 nitrogen and oxygen atoms in total. The summed E-state index contributed by atoms with van der Waals surface area (Å²) in [5.41, 5.74) is 0.442. The lowest BCUT2D eigenvalue weighted by Gasteiger charge is -2.28. The number of ketones is 1. The van der Waals surface area contributed by atoms with Crippen LogP contribution in [0.15, 0.2) is 42.0 Å². The number of rotatable bonds is 10. The van der Waals surface area contributed by atoms with Crippen LogP contribution in [0.2, 0.25) is 0 Å². The van der Waals surface area contributed by atoms with Crippen LogP contribution >= 0.6 is 0 Å². The summed E-state index contributed by atoms with van der Waals surface area (Å²) >= 11 is 0. The average molecular weight is 513 g/mol. The van der Waals surface area contributed by atoms with Crippen LogP contribution in [0.3, 0.4) is 0 Å². The summed E-state index contributed by atoms with van der Waals surface area (Å²) in [7, 11) is 2.90. The summed E-state index contributed by atoms with van der Waals surface area (Å²) < 4.78 is 30.8. The van der Waals surface area contributed by atoms with Crippen LogP contribution in [0.1, 0.15) is 43.4 Å². The van der Waals surface area contributed by atoms with Crippen molar-refractivity contribution in [3.63, 3.8) is 0 Å². The smallest absolute Gasteiger partial charge is 0.295 e. The van der Waals surface area contributed by atoms with E-state index in [0.717, 1.165) is 38.4 Å². The number of ether oxygens (including phenoxy) is 3. The van der Waals surface area contributed by atoms with E-state index in [0.29, 0.717) is 36.8 Å². The molecule has 198 valence electrons. The van der Waals surface area contributed by atoms with Crippen LogP contribution in [-0.4, -0.2) is 73.6 Å². The topological polar surface area (TPSA) is 88.5 Å². The molecule has 1 N–H and O–H groups in total. The van der Waals surface area contributed by atoms with Gasteiger partial charge in [0, 0.05) is 13.1 Å². The first-order valence-electron chi connectivity index (χ1n) is 12.5. The number of hydrogen-bond donors (Lipinski definition) is 1. The van der Waals surface area contributed by atoms with Gasteiger partial charge in [0.1, 0.15) is 17.3 Å². The minimum absolute atomic E-state index is 0.0000859. The maximum absolute atomic E-state index is 14.2. The number of aliphatic hydroxyl groups is 1. The van der Waals surface area contributed by atoms with E-state index in [1.165, 1.54) is 31.3 Å². The monoisotopic (exact) mass is 512 g/mol. The third-order valence-corrected chi connectivity index (χ3v) is 6.78. The number of likely N-dealkylation sites (tertiary alicyclic amines) is 2. The van der Waals surface area contributed by atoms with Crippen LogP contribution < -0.4 is 14.2 Å². The summed E-state index contributed by atoms with van der Waals surface area (Å²) in [6.45, 7) is 5.27. The van der Waals surface area contributed by atoms with Gasteiger partial charge in [-0.05, 0) is 68.2 Å². The first-order chi connectivity index (χ1) is 17.9. The van der Waals surface area contributed by atoms with E-state index < -0.39 is 29.3 Å². The fourth-order valence-corrected chi connectivity index (χ4v) is 4.91. The third kappa shape index (κ3) is 5.41. The van der Waals surface area contributed by atoms with Crippen molar-refractivity contribution in [3.8, 4) is 17.2 Å². The van der Waals surface area contributed by atoms with Crippen LogP contribution in [0.5, 0.6) is 17.2 Å². The molecule has 0 aliphatic carbocycles. The molecule has 0 bridgehead atoms. The molecule has 1 amide bonds. The SMILES string of the molecule is CCCOc1ccc(C2/C(=C(\O)c3cc(F)ccc3OC)C(=O)C(=O)N2CCN2CCCC2)cc1OC. The number of carbonyl (C=O) groups is 2. The van der Waals surface area contributed by atoms with Crippen LogP contribution in [-0.2, 0) is 9.59 Å². The van der Waals surface area contributed by atoms with Crippen LogP contribution in [0, 0.1) is 5.82 Å². The van der Waals surface area contributed by atoms with E-state index >= 15 is 0 Å². The van der Waals surface area contributed by atoms with Crippen molar-refractivity contribution in [2.75, 3.05) is 47.0 Å². The third-order valence-electron chi connectivity index (χ3n) is 6.78. The lowest BCUT2D eigenvalue weighted by atomic mass is 9.94. The van der Waals surface area contributed by atoms with E-state index in [9.17, 15) is 19.1 Å². The van der Waals surface area contributed by atoms with Gasteiger partial charge in [0.25, 0.3) is 11.7 Å². The standard InChI is InChI=1S/C28H33FN2O6/c1-4-15-37-22-9-7-18(16-23(22)36-3)25-24(26(32)20-17-19(29)8-10-21(20)35-2)27(33)28(34)31(25)14-13-30-11-5-6-12-30/h7-10,16-17,25,32H,4-6,11-15H2,1-3H3/b26-24+. The second-order valence-electron chi connectivity index (χ2n) is 9.14. The minimum atomic E-state index is -0.898. The van der Waals surface area contributed by atoms with Gasteiger partial charge in [0.05, 0.1) is 38.0 Å². The number of amides is 1. The first kappa shape index (κ1) is 26.5. The Bertz CT molecular complexity index is 1190. The van der Waals surface area contributed by atoms with Gasteiger partial charge in [0.15, 0.2) is 11.5 Å². The average Bonchev–Trinajstić information content (AvgIpc) is 3.52. The molecule has 2 aliphatic heterocycles. The van der Waals surface area contributed by atoms with Crippen molar-refractivity contribution in [1.82, 2.24) is 9.80 Å². The zero-order chi connectivity index (χ0) is 26.5. The molecule has 0 saturated carbocycles. The Balaban J connectivity index is 1.83. The molecule has 1 unspecified atom stereocenters. The normalized spacial score (nSPS) is 19.5. The minimum Gasteiger partial charge on any atom is -0.507 e. The molecule has 2 aliphatic rings. The molecule has 2 heterocycles. The highest BCUT2D eigenvalue weighted by Crippen LogP contribution is 2.43. The predicted octanol–water partition coefficient (Wildman–Crippen LogP) is 4.15. The number of nitrogens with zero attached hydrogens (tertiary/aromatic N) is 2. The van der Waals surface area contributed by atoms with Gasteiger partial charge in [-0.1, -0.05) is 13.0 Å². The Labute approximate surface area is 216 Å². The highest BCUT2D eigenvalue weighted by Gasteiger charge is 2.46. The second kappa shape index (κ2) is 11.6. The van der Waals surface area contributed by atoms with E-state index in [1.807, 2.05) is 6.92 Å². The lowest BCUT2D eigenvalue weighted by molar-refractivity contribution is -0.140. The van der Waals surface area contributed by atoms with Crippen LogP contribution in [0.4, 0.5) is 4.39 Å². The lowest BCUT2D eigenvalue weighted by Crippen LogP contribution is -2.37. The molecule has 0 aromatic heterocycles. The molecule has 2 saturated heterocycles. The van der Waals surface area contributed by atoms with Crippen molar-refractivity contribution >= 4 is 17.4 Å². The van der Waals surface area contributed by atoms with Gasteiger partial charge in [-0.15, -0.1) is 0 Å². The molecule has 2 aromatic carbocycles. The summed E-state index contributed by atoms with van der Waals surface area (Å²) in [5, 5.41) is 11.3. The molecular formula is C28H33FN2O6. The van der Waals surface area contributed by atoms with Gasteiger partial charge in [-0.25, -0.2) is 4.39 Å². The number of Topliss-reactive ketones (excluding diaryl/α,β-unsaturated/α-hetero) is 1.